The molecule has 0 heterocycles. The fraction of sp³-hybridized carbons (Fsp3) is 0.850. The number of ether oxygens (including phenoxy) is 3. The molecule has 0 aliphatic rings. The van der Waals surface area contributed by atoms with Gasteiger partial charge in [0.2, 0.25) is 5.91 Å². The standard InChI is InChI=1S/C20H37NO10S/c1-7-16(31-19(25)29-11-14(2)3)12-28-18(24)17(23)20(5,6)13-30-32(26,27)10-8-9-21-15(4)22/h14,16-17,23H,7-13H2,1-6H3,(H,21,22)/t16-,17?/m1/s1. The van der Waals surface area contributed by atoms with Crippen molar-refractivity contribution in [1.29, 1.82) is 0 Å². The predicted octanol–water partition coefficient (Wildman–Crippen LogP) is 1.38. The van der Waals surface area contributed by atoms with E-state index in [1.807, 2.05) is 13.8 Å². The van der Waals surface area contributed by atoms with Crippen molar-refractivity contribution in [2.24, 2.45) is 11.3 Å². The molecule has 32 heavy (non-hydrogen) atoms. The molecule has 0 fully saturated rings. The summed E-state index contributed by atoms with van der Waals surface area (Å²) in [7, 11) is -3.91. The summed E-state index contributed by atoms with van der Waals surface area (Å²) in [5.41, 5.74) is -1.28. The normalized spacial score (nSPS) is 13.9. The van der Waals surface area contributed by atoms with Crippen molar-refractivity contribution in [2.75, 3.05) is 32.1 Å². The summed E-state index contributed by atoms with van der Waals surface area (Å²) >= 11 is 0. The largest absolute Gasteiger partial charge is 0.508 e. The molecule has 2 atom stereocenters. The fourth-order valence-electron chi connectivity index (χ4n) is 2.11. The Kier molecular flexibility index (Phi) is 13.4. The van der Waals surface area contributed by atoms with Crippen LogP contribution in [0.5, 0.6) is 0 Å². The van der Waals surface area contributed by atoms with Gasteiger partial charge in [0.25, 0.3) is 10.1 Å². The first-order valence-electron chi connectivity index (χ1n) is 10.5. The minimum Gasteiger partial charge on any atom is -0.460 e. The van der Waals surface area contributed by atoms with Crippen LogP contribution in [-0.2, 0) is 38.1 Å². The van der Waals surface area contributed by atoms with E-state index in [9.17, 15) is 27.9 Å². The maximum Gasteiger partial charge on any atom is 0.508 e. The zero-order valence-corrected chi connectivity index (χ0v) is 20.5. The quantitative estimate of drug-likeness (QED) is 0.198. The van der Waals surface area contributed by atoms with Crippen LogP contribution in [0, 0.1) is 11.3 Å². The summed E-state index contributed by atoms with van der Waals surface area (Å²) in [6.45, 7) is 9.31. The number of amides is 1. The Morgan fingerprint density at radius 2 is 1.72 bits per heavy atom. The lowest BCUT2D eigenvalue weighted by Gasteiger charge is -2.28. The number of carbonyl (C=O) groups is 3. The zero-order valence-electron chi connectivity index (χ0n) is 19.7. The van der Waals surface area contributed by atoms with Crippen LogP contribution in [0.15, 0.2) is 0 Å². The minimum absolute atomic E-state index is 0.140. The molecule has 188 valence electrons. The number of hydrogen-bond acceptors (Lipinski definition) is 10. The molecule has 1 unspecified atom stereocenters. The van der Waals surface area contributed by atoms with Gasteiger partial charge in [-0.3, -0.25) is 8.98 Å². The summed E-state index contributed by atoms with van der Waals surface area (Å²) in [6.07, 6.45) is -2.80. The Bertz CT molecular complexity index is 705. The van der Waals surface area contributed by atoms with E-state index in [1.54, 1.807) is 6.92 Å². The third kappa shape index (κ3) is 13.5. The molecule has 0 aliphatic heterocycles. The predicted molar refractivity (Wildman–Crippen MR) is 115 cm³/mol. The van der Waals surface area contributed by atoms with Gasteiger partial charge >= 0.3 is 12.1 Å². The van der Waals surface area contributed by atoms with Gasteiger partial charge in [-0.15, -0.1) is 0 Å². The lowest BCUT2D eigenvalue weighted by Crippen LogP contribution is -2.42. The Balaban J connectivity index is 4.57. The van der Waals surface area contributed by atoms with E-state index < -0.39 is 46.5 Å². The van der Waals surface area contributed by atoms with Gasteiger partial charge in [-0.1, -0.05) is 34.6 Å². The van der Waals surface area contributed by atoms with Gasteiger partial charge in [0.15, 0.2) is 6.10 Å². The molecule has 1 amide bonds. The second-order valence-corrected chi connectivity index (χ2v) is 10.2. The Labute approximate surface area is 190 Å². The Morgan fingerprint density at radius 3 is 2.25 bits per heavy atom. The molecule has 0 spiro atoms. The highest BCUT2D eigenvalue weighted by molar-refractivity contribution is 7.86. The monoisotopic (exact) mass is 483 g/mol. The molecule has 0 saturated carbocycles. The average molecular weight is 484 g/mol. The highest BCUT2D eigenvalue weighted by Gasteiger charge is 2.37. The van der Waals surface area contributed by atoms with Crippen LogP contribution >= 0.6 is 0 Å². The van der Waals surface area contributed by atoms with E-state index in [2.05, 4.69) is 5.32 Å². The second kappa shape index (κ2) is 14.3. The molecule has 2 N–H and O–H groups in total. The Morgan fingerprint density at radius 1 is 1.09 bits per heavy atom. The molecule has 0 aromatic heterocycles. The van der Waals surface area contributed by atoms with E-state index in [-0.39, 0.29) is 43.8 Å². The van der Waals surface area contributed by atoms with Crippen molar-refractivity contribution < 1.29 is 46.3 Å². The molecule has 0 aliphatic carbocycles. The summed E-state index contributed by atoms with van der Waals surface area (Å²) < 4.78 is 43.9. The van der Waals surface area contributed by atoms with Crippen LogP contribution in [0.25, 0.3) is 0 Å². The molecule has 0 radical (unpaired) electrons. The molecule has 0 bridgehead atoms. The van der Waals surface area contributed by atoms with Crippen molar-refractivity contribution in [3.05, 3.63) is 0 Å². The van der Waals surface area contributed by atoms with Gasteiger partial charge in [-0.25, -0.2) is 9.59 Å². The van der Waals surface area contributed by atoms with Gasteiger partial charge in [-0.2, -0.15) is 8.42 Å². The van der Waals surface area contributed by atoms with Crippen LogP contribution in [0.3, 0.4) is 0 Å². The van der Waals surface area contributed by atoms with Gasteiger partial charge in [-0.05, 0) is 18.8 Å². The summed E-state index contributed by atoms with van der Waals surface area (Å²) in [5, 5.41) is 12.8. The van der Waals surface area contributed by atoms with Crippen LogP contribution in [0.1, 0.15) is 54.4 Å². The van der Waals surface area contributed by atoms with Crippen molar-refractivity contribution in [3.8, 4) is 0 Å². The van der Waals surface area contributed by atoms with Crippen molar-refractivity contribution in [2.45, 2.75) is 66.6 Å². The van der Waals surface area contributed by atoms with Crippen LogP contribution in [0.2, 0.25) is 0 Å². The first-order valence-corrected chi connectivity index (χ1v) is 12.1. The van der Waals surface area contributed by atoms with Crippen molar-refractivity contribution in [1.82, 2.24) is 5.32 Å². The van der Waals surface area contributed by atoms with E-state index in [4.69, 9.17) is 18.4 Å². The molecule has 0 rings (SSSR count). The van der Waals surface area contributed by atoms with E-state index in [0.717, 1.165) is 0 Å². The maximum atomic E-state index is 12.2. The molecule has 0 aromatic rings. The first-order chi connectivity index (χ1) is 14.7. The molecular formula is C20H37NO10S. The topological polar surface area (TPSA) is 155 Å². The number of carbonyl (C=O) groups excluding carboxylic acids is 3. The number of hydrogen-bond donors (Lipinski definition) is 2. The highest BCUT2D eigenvalue weighted by atomic mass is 32.2. The first kappa shape index (κ1) is 30.1. The van der Waals surface area contributed by atoms with Crippen molar-refractivity contribution >= 4 is 28.1 Å². The Hall–Kier alpha value is -1.92. The van der Waals surface area contributed by atoms with Gasteiger partial charge < -0.3 is 24.6 Å². The summed E-state index contributed by atoms with van der Waals surface area (Å²) in [4.78, 5) is 34.6. The zero-order chi connectivity index (χ0) is 24.9. The lowest BCUT2D eigenvalue weighted by molar-refractivity contribution is -0.164. The third-order valence-corrected chi connectivity index (χ3v) is 5.45. The van der Waals surface area contributed by atoms with Gasteiger partial charge in [0.1, 0.15) is 12.7 Å². The van der Waals surface area contributed by atoms with Crippen LogP contribution in [0.4, 0.5) is 4.79 Å². The number of esters is 1. The SMILES string of the molecule is CC[C@H](COC(=O)C(O)C(C)(C)COS(=O)(=O)CCCNC(C)=O)OC(=O)OCC(C)C. The summed E-state index contributed by atoms with van der Waals surface area (Å²) in [5.74, 6) is -1.46. The molecule has 0 saturated heterocycles. The fourth-order valence-corrected chi connectivity index (χ4v) is 3.20. The number of nitrogens with one attached hydrogen (secondary N) is 1. The molecular weight excluding hydrogens is 446 g/mol. The second-order valence-electron chi connectivity index (χ2n) is 8.48. The van der Waals surface area contributed by atoms with Crippen LogP contribution in [-0.4, -0.2) is 75.9 Å². The third-order valence-electron chi connectivity index (χ3n) is 4.18. The number of aliphatic hydroxyl groups is 1. The molecule has 0 aromatic carbocycles. The maximum absolute atomic E-state index is 12.2. The van der Waals surface area contributed by atoms with Crippen LogP contribution < -0.4 is 5.32 Å². The highest BCUT2D eigenvalue weighted by Crippen LogP contribution is 2.23. The van der Waals surface area contributed by atoms with E-state index in [1.165, 1.54) is 20.8 Å². The number of aliphatic hydroxyl groups excluding tert-OH is 1. The van der Waals surface area contributed by atoms with Gasteiger partial charge in [0.05, 0.1) is 19.0 Å². The lowest BCUT2D eigenvalue weighted by atomic mass is 9.88. The summed E-state index contributed by atoms with van der Waals surface area (Å²) in [6, 6.07) is 0. The van der Waals surface area contributed by atoms with Crippen molar-refractivity contribution in [3.63, 3.8) is 0 Å². The van der Waals surface area contributed by atoms with Gasteiger partial charge in [0, 0.05) is 18.9 Å². The molecule has 11 nitrogen and oxygen atoms in total. The smallest absolute Gasteiger partial charge is 0.460 e. The number of rotatable bonds is 15. The van der Waals surface area contributed by atoms with E-state index in [0.29, 0.717) is 6.42 Å². The average Bonchev–Trinajstić information content (AvgIpc) is 2.70. The molecule has 12 heteroatoms. The minimum atomic E-state index is -3.91. The van der Waals surface area contributed by atoms with E-state index >= 15 is 0 Å².